The molecule has 4 aliphatic carbocycles. The van der Waals surface area contributed by atoms with Crippen LogP contribution in [0.4, 0.5) is 0 Å². The van der Waals surface area contributed by atoms with Crippen molar-refractivity contribution in [2.75, 3.05) is 6.61 Å². The van der Waals surface area contributed by atoms with Gasteiger partial charge in [-0.05, 0) is 117 Å². The lowest BCUT2D eigenvalue weighted by Gasteiger charge is -2.72. The molecule has 7 rings (SSSR count). The molecule has 0 aromatic rings. The summed E-state index contributed by atoms with van der Waals surface area (Å²) >= 11 is 0. The Bertz CT molecular complexity index is 1380. The van der Waals surface area contributed by atoms with Crippen molar-refractivity contribution in [2.24, 2.45) is 45.3 Å². The van der Waals surface area contributed by atoms with E-state index in [9.17, 15) is 46.0 Å². The van der Waals surface area contributed by atoms with Gasteiger partial charge in [0.05, 0.1) is 48.8 Å². The Morgan fingerprint density at radius 3 is 2.05 bits per heavy atom. The van der Waals surface area contributed by atoms with E-state index in [4.69, 9.17) is 23.7 Å². The maximum atomic E-state index is 12.3. The van der Waals surface area contributed by atoms with Crippen LogP contribution in [0.1, 0.15) is 107 Å². The van der Waals surface area contributed by atoms with Crippen LogP contribution in [-0.4, -0.2) is 150 Å². The van der Waals surface area contributed by atoms with Gasteiger partial charge in [-0.15, -0.1) is 0 Å². The average molecular weight is 787 g/mol. The average Bonchev–Trinajstić information content (AvgIpc) is 3.75. The maximum Gasteiger partial charge on any atom is 0.187 e. The molecular formula is C41H70O14. The minimum absolute atomic E-state index is 0.0613. The van der Waals surface area contributed by atoms with Gasteiger partial charge in [0.15, 0.2) is 12.6 Å². The van der Waals surface area contributed by atoms with Crippen molar-refractivity contribution in [1.82, 2.24) is 0 Å². The zero-order valence-electron chi connectivity index (χ0n) is 33.9. The Morgan fingerprint density at radius 2 is 1.42 bits per heavy atom. The zero-order chi connectivity index (χ0) is 40.4. The maximum absolute atomic E-state index is 12.3. The van der Waals surface area contributed by atoms with Crippen LogP contribution < -0.4 is 0 Å². The number of rotatable bonds is 7. The van der Waals surface area contributed by atoms with Crippen LogP contribution in [0.3, 0.4) is 0 Å². The summed E-state index contributed by atoms with van der Waals surface area (Å²) in [6.07, 6.45) is -10.8. The van der Waals surface area contributed by atoms with Gasteiger partial charge in [-0.3, -0.25) is 0 Å². The predicted octanol–water partition coefficient (Wildman–Crippen LogP) is 0.969. The fraction of sp³-hybridized carbons (Fsp3) is 1.00. The molecule has 55 heavy (non-hydrogen) atoms. The van der Waals surface area contributed by atoms with Gasteiger partial charge in [-0.2, -0.15) is 0 Å². The first-order chi connectivity index (χ1) is 25.5. The third kappa shape index (κ3) is 6.59. The van der Waals surface area contributed by atoms with E-state index in [0.29, 0.717) is 25.7 Å². The van der Waals surface area contributed by atoms with E-state index < -0.39 is 103 Å². The van der Waals surface area contributed by atoms with Crippen LogP contribution in [0.2, 0.25) is 0 Å². The van der Waals surface area contributed by atoms with Crippen molar-refractivity contribution in [3.63, 3.8) is 0 Å². The summed E-state index contributed by atoms with van der Waals surface area (Å²) in [7, 11) is 0. The summed E-state index contributed by atoms with van der Waals surface area (Å²) in [6, 6.07) is 0. The molecule has 0 aromatic carbocycles. The fourth-order valence-electron chi connectivity index (χ4n) is 13.7. The molecule has 0 spiro atoms. The van der Waals surface area contributed by atoms with E-state index in [1.165, 1.54) is 6.92 Å². The number of aliphatic hydroxyl groups excluding tert-OH is 8. The summed E-state index contributed by atoms with van der Waals surface area (Å²) in [5.74, 6) is -0.142. The van der Waals surface area contributed by atoms with E-state index in [-0.39, 0.29) is 46.7 Å². The number of fused-ring (bicyclic) bond motifs is 5. The second-order valence-electron chi connectivity index (χ2n) is 20.5. The van der Waals surface area contributed by atoms with Gasteiger partial charge in [0, 0.05) is 0 Å². The fourth-order valence-corrected chi connectivity index (χ4v) is 13.7. The monoisotopic (exact) mass is 786 g/mol. The molecule has 318 valence electrons. The predicted molar refractivity (Wildman–Crippen MR) is 196 cm³/mol. The van der Waals surface area contributed by atoms with Crippen molar-refractivity contribution >= 4 is 0 Å². The van der Waals surface area contributed by atoms with Crippen molar-refractivity contribution in [3.8, 4) is 0 Å². The Balaban J connectivity index is 1.25. The summed E-state index contributed by atoms with van der Waals surface area (Å²) in [6.45, 7) is 15.5. The Hall–Kier alpha value is -0.560. The molecule has 9 N–H and O–H groups in total. The van der Waals surface area contributed by atoms with Gasteiger partial charge in [-0.1, -0.05) is 34.6 Å². The molecule has 14 heteroatoms. The van der Waals surface area contributed by atoms with Gasteiger partial charge in [0.2, 0.25) is 0 Å². The third-order valence-corrected chi connectivity index (χ3v) is 16.8. The van der Waals surface area contributed by atoms with E-state index in [0.717, 1.165) is 25.7 Å². The van der Waals surface area contributed by atoms with E-state index in [2.05, 4.69) is 34.6 Å². The van der Waals surface area contributed by atoms with E-state index >= 15 is 0 Å². The minimum atomic E-state index is -1.69. The molecule has 22 atom stereocenters. The first-order valence-electron chi connectivity index (χ1n) is 20.9. The first kappa shape index (κ1) is 42.6. The van der Waals surface area contributed by atoms with Gasteiger partial charge < -0.3 is 69.6 Å². The molecule has 3 saturated heterocycles. The van der Waals surface area contributed by atoms with Crippen LogP contribution in [-0.2, 0) is 23.7 Å². The van der Waals surface area contributed by atoms with Gasteiger partial charge in [-0.25, -0.2) is 0 Å². The van der Waals surface area contributed by atoms with Crippen LogP contribution in [0.15, 0.2) is 0 Å². The highest BCUT2D eigenvalue weighted by Crippen LogP contribution is 2.76. The Morgan fingerprint density at radius 1 is 0.727 bits per heavy atom. The Kier molecular flexibility index (Phi) is 11.3. The van der Waals surface area contributed by atoms with Gasteiger partial charge in [0.25, 0.3) is 0 Å². The van der Waals surface area contributed by atoms with Gasteiger partial charge >= 0.3 is 0 Å². The normalized spacial score (nSPS) is 56.8. The molecular weight excluding hydrogens is 716 g/mol. The summed E-state index contributed by atoms with van der Waals surface area (Å²) < 4.78 is 31.7. The molecule has 0 radical (unpaired) electrons. The highest BCUT2D eigenvalue weighted by molar-refractivity contribution is 5.21. The first-order valence-corrected chi connectivity index (χ1v) is 20.9. The molecule has 14 nitrogen and oxygen atoms in total. The molecule has 0 unspecified atom stereocenters. The van der Waals surface area contributed by atoms with Crippen molar-refractivity contribution in [3.05, 3.63) is 0 Å². The number of ether oxygens (including phenoxy) is 5. The SMILES string of the molecule is C[C@@H]1O[C@@H](O[C@H]2[C@H](O[C@H]3C[C@]4(C)[C@H](C[C@@H](O)[C@@H]5[C@@H]([C@@H]6CC[C@H](C(C)(C)O)O6)CC[C@]54C)[C@@]4(C)CC[C@H](O)C(C)(C)[C@H]34)O[C@H](CO)[C@@H](O)[C@@H]2O)[C@H](O)[C@H](O)[C@H]1O. The lowest BCUT2D eigenvalue weighted by atomic mass is 9.34. The lowest BCUT2D eigenvalue weighted by Crippen LogP contribution is -2.71. The molecule has 0 amide bonds. The number of hydrogen-bond donors (Lipinski definition) is 9. The molecule has 4 saturated carbocycles. The van der Waals surface area contributed by atoms with E-state index in [1.54, 1.807) is 13.8 Å². The van der Waals surface area contributed by atoms with Crippen LogP contribution in [0.5, 0.6) is 0 Å². The molecule has 0 aromatic heterocycles. The molecule has 3 aliphatic heterocycles. The van der Waals surface area contributed by atoms with Crippen LogP contribution in [0.25, 0.3) is 0 Å². The highest BCUT2D eigenvalue weighted by Gasteiger charge is 2.73. The van der Waals surface area contributed by atoms with Crippen LogP contribution in [0, 0.1) is 45.3 Å². The second kappa shape index (κ2) is 14.6. The third-order valence-electron chi connectivity index (χ3n) is 16.8. The Labute approximate surface area is 325 Å². The number of hydrogen-bond acceptors (Lipinski definition) is 14. The largest absolute Gasteiger partial charge is 0.394 e. The molecule has 7 fully saturated rings. The van der Waals surface area contributed by atoms with Crippen LogP contribution >= 0.6 is 0 Å². The van der Waals surface area contributed by atoms with E-state index in [1.807, 2.05) is 0 Å². The molecule has 3 heterocycles. The quantitative estimate of drug-likeness (QED) is 0.164. The molecule has 0 bridgehead atoms. The second-order valence-corrected chi connectivity index (χ2v) is 20.5. The smallest absolute Gasteiger partial charge is 0.187 e. The molecule has 7 aliphatic rings. The minimum Gasteiger partial charge on any atom is -0.394 e. The lowest BCUT2D eigenvalue weighted by molar-refractivity contribution is -0.382. The topological polar surface area (TPSA) is 228 Å². The van der Waals surface area contributed by atoms with Gasteiger partial charge in [0.1, 0.15) is 42.7 Å². The summed E-state index contributed by atoms with van der Waals surface area (Å²) in [5, 5.41) is 99.1. The van der Waals surface area contributed by atoms with Crippen molar-refractivity contribution < 1.29 is 69.6 Å². The highest BCUT2D eigenvalue weighted by atomic mass is 16.8. The van der Waals surface area contributed by atoms with Crippen molar-refractivity contribution in [1.29, 1.82) is 0 Å². The zero-order valence-corrected chi connectivity index (χ0v) is 33.9. The number of aliphatic hydroxyl groups is 9. The summed E-state index contributed by atoms with van der Waals surface area (Å²) in [5.41, 5.74) is -2.75. The standard InChI is InChI=1S/C41H70O14/c1-18-28(45)30(47)32(49)35(51-18)55-33-31(48)29(46)23(17-42)54-36(33)53-22-16-41(8)24(39(6)13-12-25(44)37(2,3)34(22)39)15-20(43)27-19(11-14-40(27,41)7)21-9-10-26(52-21)38(4,5)50/h18-36,42-50H,9-17H2,1-8H3/t18-,19+,20+,21-,22-,23+,24+,25-,26+,27-,28-,29+,30+,31-,32+,33+,34-,35-,36+,39+,40+,41+/m0/s1. The van der Waals surface area contributed by atoms with Crippen molar-refractivity contribution in [2.45, 2.75) is 204 Å². The summed E-state index contributed by atoms with van der Waals surface area (Å²) in [4.78, 5) is 0.